The Morgan fingerprint density at radius 3 is 2.81 bits per heavy atom. The fourth-order valence-corrected chi connectivity index (χ4v) is 2.28. The van der Waals surface area contributed by atoms with Gasteiger partial charge in [-0.15, -0.1) is 0 Å². The molecule has 0 saturated heterocycles. The van der Waals surface area contributed by atoms with Crippen molar-refractivity contribution < 1.29 is 9.90 Å². The molecule has 2 aromatic rings. The van der Waals surface area contributed by atoms with Gasteiger partial charge in [-0.05, 0) is 12.1 Å². The molecule has 2 rings (SSSR count). The van der Waals surface area contributed by atoms with E-state index in [-0.39, 0.29) is 0 Å². The summed E-state index contributed by atoms with van der Waals surface area (Å²) in [5, 5.41) is 13.1. The summed E-state index contributed by atoms with van der Waals surface area (Å²) in [6, 6.07) is 6.93. The lowest BCUT2D eigenvalue weighted by atomic mass is 10.2. The number of hydrogen-bond donors (Lipinski definition) is 1. The highest BCUT2D eigenvalue weighted by molar-refractivity contribution is 7.99. The van der Waals surface area contributed by atoms with E-state index >= 15 is 0 Å². The summed E-state index contributed by atoms with van der Waals surface area (Å²) in [6.45, 7) is 0. The van der Waals surface area contributed by atoms with Gasteiger partial charge >= 0.3 is 5.97 Å². The number of aryl methyl sites for hydroxylation is 1. The monoisotopic (exact) mass is 234 g/mol. The molecule has 0 aliphatic carbocycles. The Morgan fingerprint density at radius 2 is 2.19 bits per heavy atom. The summed E-state index contributed by atoms with van der Waals surface area (Å²) in [7, 11) is 1.83. The van der Waals surface area contributed by atoms with Gasteiger partial charge in [-0.2, -0.15) is 5.10 Å². The average molecular weight is 234 g/mol. The molecule has 16 heavy (non-hydrogen) atoms. The molecule has 0 unspecified atom stereocenters. The maximum absolute atomic E-state index is 11.0. The molecule has 1 aromatic carbocycles. The molecule has 82 valence electrons. The van der Waals surface area contributed by atoms with Gasteiger partial charge in [0.05, 0.1) is 16.7 Å². The molecule has 0 amide bonds. The highest BCUT2D eigenvalue weighted by Crippen LogP contribution is 2.29. The third-order valence-electron chi connectivity index (χ3n) is 2.03. The quantitative estimate of drug-likeness (QED) is 0.885. The average Bonchev–Trinajstić information content (AvgIpc) is 2.64. The van der Waals surface area contributed by atoms with Crippen LogP contribution in [-0.2, 0) is 7.05 Å². The van der Waals surface area contributed by atoms with Crippen LogP contribution in [0.4, 0.5) is 0 Å². The molecule has 0 bridgehead atoms. The Labute approximate surface area is 96.9 Å². The first-order valence-electron chi connectivity index (χ1n) is 4.65. The number of nitrogens with zero attached hydrogens (tertiary/aromatic N) is 2. The van der Waals surface area contributed by atoms with Crippen LogP contribution in [0.15, 0.2) is 46.5 Å². The van der Waals surface area contributed by atoms with Gasteiger partial charge in [0.2, 0.25) is 0 Å². The normalized spacial score (nSPS) is 10.3. The molecular formula is C11H10N2O2S. The van der Waals surface area contributed by atoms with E-state index in [1.165, 1.54) is 11.8 Å². The van der Waals surface area contributed by atoms with Crippen molar-refractivity contribution in [3.05, 3.63) is 42.2 Å². The van der Waals surface area contributed by atoms with Crippen LogP contribution in [-0.4, -0.2) is 20.9 Å². The summed E-state index contributed by atoms with van der Waals surface area (Å²) in [6.07, 6.45) is 3.56. The molecule has 0 fully saturated rings. The van der Waals surface area contributed by atoms with E-state index in [0.717, 1.165) is 9.79 Å². The van der Waals surface area contributed by atoms with E-state index in [0.29, 0.717) is 5.56 Å². The second-order valence-corrected chi connectivity index (χ2v) is 4.37. The number of carboxylic acids is 1. The molecule has 4 nitrogen and oxygen atoms in total. The van der Waals surface area contributed by atoms with E-state index in [1.54, 1.807) is 29.1 Å². The van der Waals surface area contributed by atoms with Crippen LogP contribution < -0.4 is 0 Å². The minimum absolute atomic E-state index is 0.316. The fraction of sp³-hybridized carbons (Fsp3) is 0.0909. The third-order valence-corrected chi connectivity index (χ3v) is 3.05. The van der Waals surface area contributed by atoms with Gasteiger partial charge in [0, 0.05) is 18.1 Å². The van der Waals surface area contributed by atoms with Gasteiger partial charge < -0.3 is 5.11 Å². The Morgan fingerprint density at radius 1 is 1.44 bits per heavy atom. The van der Waals surface area contributed by atoms with Crippen LogP contribution >= 0.6 is 11.8 Å². The van der Waals surface area contributed by atoms with Crippen molar-refractivity contribution in [1.29, 1.82) is 0 Å². The zero-order chi connectivity index (χ0) is 11.5. The first-order chi connectivity index (χ1) is 7.66. The lowest BCUT2D eigenvalue weighted by Crippen LogP contribution is -1.97. The van der Waals surface area contributed by atoms with Crippen LogP contribution in [0.25, 0.3) is 0 Å². The smallest absolute Gasteiger partial charge is 0.336 e. The van der Waals surface area contributed by atoms with Crippen LogP contribution in [0.5, 0.6) is 0 Å². The number of hydrogen-bond acceptors (Lipinski definition) is 3. The minimum atomic E-state index is -0.910. The van der Waals surface area contributed by atoms with Crippen molar-refractivity contribution in [3.8, 4) is 0 Å². The minimum Gasteiger partial charge on any atom is -0.478 e. The van der Waals surface area contributed by atoms with Gasteiger partial charge in [0.15, 0.2) is 0 Å². The first-order valence-corrected chi connectivity index (χ1v) is 5.47. The van der Waals surface area contributed by atoms with E-state index in [2.05, 4.69) is 5.10 Å². The molecule has 5 heteroatoms. The number of carbonyl (C=O) groups is 1. The lowest BCUT2D eigenvalue weighted by Gasteiger charge is -2.02. The van der Waals surface area contributed by atoms with Crippen molar-refractivity contribution in [2.24, 2.45) is 7.05 Å². The molecule has 0 spiro atoms. The fourth-order valence-electron chi connectivity index (χ4n) is 1.31. The van der Waals surface area contributed by atoms with Crippen molar-refractivity contribution >= 4 is 17.7 Å². The Kier molecular flexibility index (Phi) is 2.96. The van der Waals surface area contributed by atoms with Gasteiger partial charge in [0.1, 0.15) is 0 Å². The highest BCUT2D eigenvalue weighted by Gasteiger charge is 2.10. The van der Waals surface area contributed by atoms with E-state index in [9.17, 15) is 4.79 Å². The highest BCUT2D eigenvalue weighted by atomic mass is 32.2. The summed E-state index contributed by atoms with van der Waals surface area (Å²) < 4.78 is 1.69. The number of aromatic nitrogens is 2. The maximum Gasteiger partial charge on any atom is 0.336 e. The summed E-state index contributed by atoms with van der Waals surface area (Å²) in [5.74, 6) is -0.910. The Hall–Kier alpha value is -1.75. The van der Waals surface area contributed by atoms with Crippen molar-refractivity contribution in [3.63, 3.8) is 0 Å². The number of rotatable bonds is 3. The maximum atomic E-state index is 11.0. The number of benzene rings is 1. The van der Waals surface area contributed by atoms with Crippen LogP contribution in [0, 0.1) is 0 Å². The van der Waals surface area contributed by atoms with Crippen LogP contribution in [0.2, 0.25) is 0 Å². The third kappa shape index (κ3) is 2.25. The summed E-state index contributed by atoms with van der Waals surface area (Å²) in [5.41, 5.74) is 0.316. The van der Waals surface area contributed by atoms with Gasteiger partial charge in [-0.3, -0.25) is 4.68 Å². The molecule has 1 N–H and O–H groups in total. The summed E-state index contributed by atoms with van der Waals surface area (Å²) in [4.78, 5) is 12.6. The zero-order valence-electron chi connectivity index (χ0n) is 8.62. The van der Waals surface area contributed by atoms with E-state index < -0.39 is 5.97 Å². The van der Waals surface area contributed by atoms with Crippen LogP contribution in [0.1, 0.15) is 10.4 Å². The molecular weight excluding hydrogens is 224 g/mol. The Balaban J connectivity index is 2.31. The van der Waals surface area contributed by atoms with Crippen molar-refractivity contribution in [2.45, 2.75) is 9.79 Å². The van der Waals surface area contributed by atoms with Gasteiger partial charge in [0.25, 0.3) is 0 Å². The van der Waals surface area contributed by atoms with Crippen LogP contribution in [0.3, 0.4) is 0 Å². The van der Waals surface area contributed by atoms with Crippen molar-refractivity contribution in [2.75, 3.05) is 0 Å². The van der Waals surface area contributed by atoms with E-state index in [1.807, 2.05) is 19.3 Å². The molecule has 0 radical (unpaired) electrons. The van der Waals surface area contributed by atoms with Crippen molar-refractivity contribution in [1.82, 2.24) is 9.78 Å². The predicted octanol–water partition coefficient (Wildman–Crippen LogP) is 2.27. The zero-order valence-corrected chi connectivity index (χ0v) is 9.44. The number of carboxylic acid groups (broad SMARTS) is 1. The molecule has 0 aliphatic heterocycles. The topological polar surface area (TPSA) is 55.1 Å². The van der Waals surface area contributed by atoms with E-state index in [4.69, 9.17) is 5.11 Å². The molecule has 0 atom stereocenters. The molecule has 1 heterocycles. The SMILES string of the molecule is Cn1cc(Sc2ccccc2C(=O)O)cn1. The number of aromatic carboxylic acids is 1. The second kappa shape index (κ2) is 4.40. The molecule has 0 saturated carbocycles. The molecule has 1 aromatic heterocycles. The second-order valence-electron chi connectivity index (χ2n) is 3.25. The molecule has 0 aliphatic rings. The summed E-state index contributed by atoms with van der Waals surface area (Å²) >= 11 is 1.40. The predicted molar refractivity (Wildman–Crippen MR) is 60.7 cm³/mol. The first kappa shape index (κ1) is 10.8. The standard InChI is InChI=1S/C11H10N2O2S/c1-13-7-8(6-12-13)16-10-5-3-2-4-9(10)11(14)15/h2-7H,1H3,(H,14,15). The van der Waals surface area contributed by atoms with Gasteiger partial charge in [-0.1, -0.05) is 23.9 Å². The largest absolute Gasteiger partial charge is 0.478 e. The lowest BCUT2D eigenvalue weighted by molar-refractivity contribution is 0.0693. The van der Waals surface area contributed by atoms with Gasteiger partial charge in [-0.25, -0.2) is 4.79 Å². The Bertz CT molecular complexity index is 522.